The molecule has 0 radical (unpaired) electrons. The smallest absolute Gasteiger partial charge is 0.352 e. The van der Waals surface area contributed by atoms with Gasteiger partial charge in [0.2, 0.25) is 11.9 Å². The van der Waals surface area contributed by atoms with Crippen molar-refractivity contribution in [1.82, 2.24) is 0 Å². The summed E-state index contributed by atoms with van der Waals surface area (Å²) in [5, 5.41) is 0. The zero-order valence-electron chi connectivity index (χ0n) is 17.7. The van der Waals surface area contributed by atoms with Crippen molar-refractivity contribution in [2.75, 3.05) is 13.7 Å². The fraction of sp³-hybridized carbons (Fsp3) is 0.154. The minimum Gasteiger partial charge on any atom is -0.496 e. The molecule has 0 saturated heterocycles. The van der Waals surface area contributed by atoms with Gasteiger partial charge in [0.05, 0.1) is 19.3 Å². The van der Waals surface area contributed by atoms with Crippen LogP contribution in [0, 0.1) is 0 Å². The van der Waals surface area contributed by atoms with Crippen LogP contribution in [0.15, 0.2) is 78.6 Å². The molecule has 1 atom stereocenters. The van der Waals surface area contributed by atoms with Gasteiger partial charge >= 0.3 is 5.97 Å². The first-order chi connectivity index (χ1) is 15.6. The van der Waals surface area contributed by atoms with Gasteiger partial charge in [-0.3, -0.25) is 4.79 Å². The third kappa shape index (κ3) is 4.34. The maximum atomic E-state index is 12.8. The van der Waals surface area contributed by atoms with Crippen LogP contribution in [0.5, 0.6) is 17.2 Å². The number of rotatable bonds is 7. The monoisotopic (exact) mass is 430 g/mol. The normalized spacial score (nSPS) is 14.4. The maximum Gasteiger partial charge on any atom is 0.352 e. The van der Waals surface area contributed by atoms with E-state index < -0.39 is 12.1 Å². The predicted octanol–water partition coefficient (Wildman–Crippen LogP) is 4.99. The van der Waals surface area contributed by atoms with Gasteiger partial charge in [-0.25, -0.2) is 4.79 Å². The lowest BCUT2D eigenvalue weighted by atomic mass is 10.1. The van der Waals surface area contributed by atoms with Gasteiger partial charge in [0.1, 0.15) is 17.2 Å². The second-order valence-corrected chi connectivity index (χ2v) is 7.00. The number of fused-ring (bicyclic) bond motifs is 1. The number of allylic oxidation sites excluding steroid dienone is 1. The quantitative estimate of drug-likeness (QED) is 0.388. The summed E-state index contributed by atoms with van der Waals surface area (Å²) in [5.74, 6) is 0.847. The number of hydrogen-bond donors (Lipinski definition) is 0. The molecule has 0 amide bonds. The number of ether oxygens (including phenoxy) is 4. The van der Waals surface area contributed by atoms with Crippen molar-refractivity contribution in [3.05, 3.63) is 95.2 Å². The van der Waals surface area contributed by atoms with E-state index in [2.05, 4.69) is 0 Å². The standard InChI is InChI=1S/C26H22O6/c1-3-30-26(28)25(17-9-5-4-6-10-17)31-19-13-14-20-22(16-19)32-23(24(20)27)15-18-11-7-8-12-21(18)29-2/h4-16,25H,3H2,1-2H3/b23-15-/t25-/m0/s1. The van der Waals surface area contributed by atoms with Crippen molar-refractivity contribution in [3.63, 3.8) is 0 Å². The molecule has 0 bridgehead atoms. The summed E-state index contributed by atoms with van der Waals surface area (Å²) in [7, 11) is 1.57. The molecule has 1 aliphatic heterocycles. The summed E-state index contributed by atoms with van der Waals surface area (Å²) in [5.41, 5.74) is 1.82. The summed E-state index contributed by atoms with van der Waals surface area (Å²) in [6.07, 6.45) is 0.711. The first-order valence-electron chi connectivity index (χ1n) is 10.2. The third-order valence-electron chi connectivity index (χ3n) is 4.92. The minimum absolute atomic E-state index is 0.187. The van der Waals surface area contributed by atoms with Gasteiger partial charge in [-0.15, -0.1) is 0 Å². The molecule has 0 unspecified atom stereocenters. The summed E-state index contributed by atoms with van der Waals surface area (Å²) < 4.78 is 22.3. The van der Waals surface area contributed by atoms with E-state index in [9.17, 15) is 9.59 Å². The lowest BCUT2D eigenvalue weighted by Gasteiger charge is -2.18. The average Bonchev–Trinajstić information content (AvgIpc) is 3.13. The third-order valence-corrected chi connectivity index (χ3v) is 4.92. The largest absolute Gasteiger partial charge is 0.496 e. The van der Waals surface area contributed by atoms with Crippen LogP contribution in [0.1, 0.15) is 34.5 Å². The van der Waals surface area contributed by atoms with Crippen LogP contribution in [0.4, 0.5) is 0 Å². The number of para-hydroxylation sites is 1. The molecule has 0 saturated carbocycles. The highest BCUT2D eigenvalue weighted by atomic mass is 16.6. The van der Waals surface area contributed by atoms with Crippen LogP contribution < -0.4 is 14.2 Å². The molecule has 1 heterocycles. The van der Waals surface area contributed by atoms with Gasteiger partial charge in [0, 0.05) is 17.2 Å². The van der Waals surface area contributed by atoms with Crippen LogP contribution in [0.2, 0.25) is 0 Å². The van der Waals surface area contributed by atoms with Gasteiger partial charge in [0.25, 0.3) is 0 Å². The highest BCUT2D eigenvalue weighted by Crippen LogP contribution is 2.37. The highest BCUT2D eigenvalue weighted by molar-refractivity contribution is 6.14. The van der Waals surface area contributed by atoms with Crippen molar-refractivity contribution >= 4 is 17.8 Å². The Labute approximate surface area is 186 Å². The number of hydrogen-bond acceptors (Lipinski definition) is 6. The molecule has 1 aliphatic rings. The molecular weight excluding hydrogens is 408 g/mol. The van der Waals surface area contributed by atoms with E-state index in [1.807, 2.05) is 42.5 Å². The Morgan fingerprint density at radius 3 is 2.53 bits per heavy atom. The first kappa shape index (κ1) is 21.2. The number of esters is 1. The van der Waals surface area contributed by atoms with Crippen molar-refractivity contribution in [2.45, 2.75) is 13.0 Å². The highest BCUT2D eigenvalue weighted by Gasteiger charge is 2.30. The zero-order valence-corrected chi connectivity index (χ0v) is 17.7. The predicted molar refractivity (Wildman–Crippen MR) is 119 cm³/mol. The summed E-state index contributed by atoms with van der Waals surface area (Å²) in [6.45, 7) is 1.98. The van der Waals surface area contributed by atoms with E-state index in [1.54, 1.807) is 50.4 Å². The summed E-state index contributed by atoms with van der Waals surface area (Å²) >= 11 is 0. The Balaban J connectivity index is 1.60. The molecule has 32 heavy (non-hydrogen) atoms. The Hall–Kier alpha value is -4.06. The second-order valence-electron chi connectivity index (χ2n) is 7.00. The maximum absolute atomic E-state index is 12.8. The van der Waals surface area contributed by atoms with Gasteiger partial charge in [-0.2, -0.15) is 0 Å². The van der Waals surface area contributed by atoms with E-state index in [0.29, 0.717) is 28.4 Å². The average molecular weight is 430 g/mol. The fourth-order valence-electron chi connectivity index (χ4n) is 3.40. The molecule has 0 fully saturated rings. The number of ketones is 1. The number of Topliss-reactive ketones (excluding diaryl/α,β-unsaturated/α-hetero) is 1. The molecule has 6 nitrogen and oxygen atoms in total. The van der Waals surface area contributed by atoms with Crippen LogP contribution in [-0.4, -0.2) is 25.5 Å². The summed E-state index contributed by atoms with van der Waals surface area (Å²) in [4.78, 5) is 25.3. The van der Waals surface area contributed by atoms with E-state index in [0.717, 1.165) is 5.56 Å². The van der Waals surface area contributed by atoms with E-state index >= 15 is 0 Å². The van der Waals surface area contributed by atoms with Gasteiger partial charge in [-0.05, 0) is 31.2 Å². The van der Waals surface area contributed by atoms with Crippen LogP contribution in [-0.2, 0) is 9.53 Å². The topological polar surface area (TPSA) is 71.1 Å². The van der Waals surface area contributed by atoms with Crippen LogP contribution in [0.25, 0.3) is 6.08 Å². The molecule has 4 rings (SSSR count). The SMILES string of the molecule is CCOC(=O)[C@@H](Oc1ccc2c(c1)O/C(=C\c1ccccc1OC)C2=O)c1ccccc1. The number of carbonyl (C=O) groups is 2. The Morgan fingerprint density at radius 2 is 1.78 bits per heavy atom. The first-order valence-corrected chi connectivity index (χ1v) is 10.2. The minimum atomic E-state index is -0.935. The zero-order chi connectivity index (χ0) is 22.5. The number of methoxy groups -OCH3 is 1. The van der Waals surface area contributed by atoms with Gasteiger partial charge < -0.3 is 18.9 Å². The molecule has 3 aromatic rings. The molecule has 162 valence electrons. The van der Waals surface area contributed by atoms with Gasteiger partial charge in [-0.1, -0.05) is 48.5 Å². The second kappa shape index (κ2) is 9.39. The molecule has 0 N–H and O–H groups in total. The van der Waals surface area contributed by atoms with E-state index in [1.165, 1.54) is 0 Å². The number of benzene rings is 3. The Kier molecular flexibility index (Phi) is 6.22. The van der Waals surface area contributed by atoms with Crippen molar-refractivity contribution in [1.29, 1.82) is 0 Å². The lowest BCUT2D eigenvalue weighted by molar-refractivity contribution is -0.151. The molecule has 3 aromatic carbocycles. The van der Waals surface area contributed by atoms with E-state index in [4.69, 9.17) is 18.9 Å². The fourth-order valence-corrected chi connectivity index (χ4v) is 3.40. The Morgan fingerprint density at radius 1 is 1.03 bits per heavy atom. The van der Waals surface area contributed by atoms with Crippen LogP contribution >= 0.6 is 0 Å². The molecule has 6 heteroatoms. The molecule has 0 aromatic heterocycles. The van der Waals surface area contributed by atoms with E-state index in [-0.39, 0.29) is 18.1 Å². The van der Waals surface area contributed by atoms with Crippen molar-refractivity contribution in [3.8, 4) is 17.2 Å². The Bertz CT molecular complexity index is 1170. The lowest BCUT2D eigenvalue weighted by Crippen LogP contribution is -2.21. The van der Waals surface area contributed by atoms with Crippen molar-refractivity contribution < 1.29 is 28.5 Å². The number of carbonyl (C=O) groups excluding carboxylic acids is 2. The van der Waals surface area contributed by atoms with Gasteiger partial charge in [0.15, 0.2) is 5.76 Å². The molecular formula is C26H22O6. The van der Waals surface area contributed by atoms with Crippen molar-refractivity contribution in [2.24, 2.45) is 0 Å². The van der Waals surface area contributed by atoms with Crippen LogP contribution in [0.3, 0.4) is 0 Å². The molecule has 0 spiro atoms. The summed E-state index contributed by atoms with van der Waals surface area (Å²) in [6, 6.07) is 21.3. The molecule has 0 aliphatic carbocycles.